The number of carbonyl (C=O) groups excluding carboxylic acids is 1. The van der Waals surface area contributed by atoms with Crippen LogP contribution < -0.4 is 0 Å². The van der Waals surface area contributed by atoms with Gasteiger partial charge in [-0.2, -0.15) is 0 Å². The summed E-state index contributed by atoms with van der Waals surface area (Å²) in [7, 11) is 0. The number of aromatic nitrogens is 1. The molecule has 1 aromatic heterocycles. The van der Waals surface area contributed by atoms with Crippen molar-refractivity contribution in [2.45, 2.75) is 52.0 Å². The highest BCUT2D eigenvalue weighted by Gasteiger charge is 2.18. The first-order chi connectivity index (χ1) is 7.74. The second kappa shape index (κ2) is 4.67. The summed E-state index contributed by atoms with van der Waals surface area (Å²) in [5.41, 5.74) is 2.75. The van der Waals surface area contributed by atoms with Crippen molar-refractivity contribution in [1.82, 2.24) is 4.57 Å². The molecule has 1 aliphatic rings. The van der Waals surface area contributed by atoms with Gasteiger partial charge in [-0.05, 0) is 51.2 Å². The van der Waals surface area contributed by atoms with E-state index in [9.17, 15) is 4.79 Å². The number of aryl methyl sites for hydroxylation is 1. The van der Waals surface area contributed by atoms with Crippen LogP contribution in [0.1, 0.15) is 50.4 Å². The van der Waals surface area contributed by atoms with Gasteiger partial charge in [0.1, 0.15) is 5.82 Å². The molecule has 0 amide bonds. The minimum Gasteiger partial charge on any atom is -0.327 e. The second-order valence-corrected chi connectivity index (χ2v) is 4.70. The molecule has 0 unspecified atom stereocenters. The van der Waals surface area contributed by atoms with E-state index in [1.165, 1.54) is 30.5 Å². The molecule has 0 saturated heterocycles. The van der Waals surface area contributed by atoms with Crippen LogP contribution in [-0.4, -0.2) is 10.6 Å². The summed E-state index contributed by atoms with van der Waals surface area (Å²) in [6.07, 6.45) is 7.69. The highest BCUT2D eigenvalue weighted by molar-refractivity contribution is 5.50. The lowest BCUT2D eigenvalue weighted by molar-refractivity contribution is 0.558. The van der Waals surface area contributed by atoms with Crippen molar-refractivity contribution in [3.05, 3.63) is 17.3 Å². The maximum absolute atomic E-state index is 10.4. The molecule has 1 aliphatic carbocycles. The third-order valence-corrected chi connectivity index (χ3v) is 3.25. The van der Waals surface area contributed by atoms with Gasteiger partial charge >= 0.3 is 0 Å². The van der Waals surface area contributed by atoms with Crippen LogP contribution in [0.4, 0.5) is 5.82 Å². The topological polar surface area (TPSA) is 34.4 Å². The molecule has 3 heteroatoms. The monoisotopic (exact) mass is 218 g/mol. The van der Waals surface area contributed by atoms with Gasteiger partial charge in [-0.3, -0.25) is 0 Å². The lowest BCUT2D eigenvalue weighted by Crippen LogP contribution is -2.05. The van der Waals surface area contributed by atoms with Crippen molar-refractivity contribution in [3.8, 4) is 0 Å². The molecule has 3 nitrogen and oxygen atoms in total. The minimum absolute atomic E-state index is 0.356. The van der Waals surface area contributed by atoms with Crippen LogP contribution in [-0.2, 0) is 17.6 Å². The quantitative estimate of drug-likeness (QED) is 0.426. The van der Waals surface area contributed by atoms with Crippen LogP contribution in [0, 0.1) is 0 Å². The van der Waals surface area contributed by atoms with Crippen LogP contribution in [0.2, 0.25) is 0 Å². The molecule has 0 N–H and O–H groups in total. The van der Waals surface area contributed by atoms with Gasteiger partial charge in [0.05, 0.1) is 0 Å². The molecule has 0 fully saturated rings. The summed E-state index contributed by atoms with van der Waals surface area (Å²) >= 11 is 0. The number of fused-ring (bicyclic) bond motifs is 1. The molecular formula is C13H18N2O. The van der Waals surface area contributed by atoms with Gasteiger partial charge in [0.15, 0.2) is 0 Å². The average Bonchev–Trinajstić information content (AvgIpc) is 2.43. The Labute approximate surface area is 96.2 Å². The van der Waals surface area contributed by atoms with Gasteiger partial charge in [-0.15, -0.1) is 4.99 Å². The predicted octanol–water partition coefficient (Wildman–Crippen LogP) is 3.31. The van der Waals surface area contributed by atoms with E-state index in [4.69, 9.17) is 0 Å². The Balaban J connectivity index is 2.52. The van der Waals surface area contributed by atoms with E-state index < -0.39 is 0 Å². The Kier molecular flexibility index (Phi) is 3.25. The van der Waals surface area contributed by atoms with Crippen molar-refractivity contribution in [1.29, 1.82) is 0 Å². The van der Waals surface area contributed by atoms with E-state index in [1.807, 2.05) is 0 Å². The van der Waals surface area contributed by atoms with Crippen LogP contribution in [0.15, 0.2) is 11.1 Å². The lowest BCUT2D eigenvalue weighted by Gasteiger charge is -2.14. The zero-order valence-electron chi connectivity index (χ0n) is 9.99. The van der Waals surface area contributed by atoms with Gasteiger partial charge in [0.2, 0.25) is 6.08 Å². The molecule has 1 aromatic rings. The molecule has 0 saturated carbocycles. The number of aliphatic imine (C=N–C) groups is 1. The Hall–Kier alpha value is -1.34. The molecular weight excluding hydrogens is 200 g/mol. The Morgan fingerprint density at radius 2 is 2.06 bits per heavy atom. The van der Waals surface area contributed by atoms with Crippen molar-refractivity contribution in [3.63, 3.8) is 0 Å². The van der Waals surface area contributed by atoms with Crippen LogP contribution in [0.3, 0.4) is 0 Å². The summed E-state index contributed by atoms with van der Waals surface area (Å²) in [6, 6.07) is 2.42. The van der Waals surface area contributed by atoms with E-state index in [1.54, 1.807) is 6.08 Å². The highest BCUT2D eigenvalue weighted by atomic mass is 16.1. The maximum atomic E-state index is 10.4. The van der Waals surface area contributed by atoms with Crippen LogP contribution in [0.5, 0.6) is 0 Å². The van der Waals surface area contributed by atoms with E-state index in [0.717, 1.165) is 18.7 Å². The Morgan fingerprint density at radius 3 is 2.75 bits per heavy atom. The van der Waals surface area contributed by atoms with Gasteiger partial charge in [-0.25, -0.2) is 4.79 Å². The smallest absolute Gasteiger partial charge is 0.242 e. The zero-order valence-corrected chi connectivity index (χ0v) is 9.99. The number of rotatable bonds is 2. The fourth-order valence-corrected chi connectivity index (χ4v) is 2.59. The van der Waals surface area contributed by atoms with E-state index in [0.29, 0.717) is 6.04 Å². The highest BCUT2D eigenvalue weighted by Crippen LogP contribution is 2.31. The van der Waals surface area contributed by atoms with E-state index in [-0.39, 0.29) is 0 Å². The van der Waals surface area contributed by atoms with Gasteiger partial charge in [0.25, 0.3) is 0 Å². The third-order valence-electron chi connectivity index (χ3n) is 3.25. The van der Waals surface area contributed by atoms with Crippen LogP contribution >= 0.6 is 0 Å². The van der Waals surface area contributed by atoms with Crippen molar-refractivity contribution in [2.75, 3.05) is 0 Å². The number of isocyanates is 1. The molecule has 0 atom stereocenters. The predicted molar refractivity (Wildman–Crippen MR) is 63.9 cm³/mol. The number of hydrogen-bond acceptors (Lipinski definition) is 2. The zero-order chi connectivity index (χ0) is 11.5. The van der Waals surface area contributed by atoms with Crippen molar-refractivity contribution >= 4 is 11.9 Å². The molecule has 0 aromatic carbocycles. The molecule has 0 bridgehead atoms. The largest absolute Gasteiger partial charge is 0.327 e. The van der Waals surface area contributed by atoms with Crippen molar-refractivity contribution < 1.29 is 4.79 Å². The minimum atomic E-state index is 0.356. The SMILES string of the molecule is CC(C)n1c(N=C=O)cc2c1CCCCC2. The normalized spacial score (nSPS) is 15.4. The molecule has 2 rings (SSSR count). The summed E-state index contributed by atoms with van der Waals surface area (Å²) in [4.78, 5) is 14.2. The molecule has 0 radical (unpaired) electrons. The lowest BCUT2D eigenvalue weighted by atomic mass is 10.1. The fourth-order valence-electron chi connectivity index (χ4n) is 2.59. The number of hydrogen-bond donors (Lipinski definition) is 0. The molecule has 86 valence electrons. The van der Waals surface area contributed by atoms with Gasteiger partial charge in [-0.1, -0.05) is 6.42 Å². The molecule has 0 aliphatic heterocycles. The average molecular weight is 218 g/mol. The third kappa shape index (κ3) is 1.96. The Bertz CT molecular complexity index is 425. The summed E-state index contributed by atoms with van der Waals surface area (Å²) in [5, 5.41) is 0. The second-order valence-electron chi connectivity index (χ2n) is 4.70. The molecule has 16 heavy (non-hydrogen) atoms. The van der Waals surface area contributed by atoms with Crippen LogP contribution in [0.25, 0.3) is 0 Å². The summed E-state index contributed by atoms with van der Waals surface area (Å²) < 4.78 is 2.19. The van der Waals surface area contributed by atoms with Gasteiger partial charge in [0, 0.05) is 11.7 Å². The Morgan fingerprint density at radius 1 is 1.31 bits per heavy atom. The first-order valence-electron chi connectivity index (χ1n) is 6.05. The molecule has 1 heterocycles. The first kappa shape index (κ1) is 11.2. The summed E-state index contributed by atoms with van der Waals surface area (Å²) in [5.74, 6) is 0.775. The fraction of sp³-hybridized carbons (Fsp3) is 0.615. The van der Waals surface area contributed by atoms with E-state index >= 15 is 0 Å². The van der Waals surface area contributed by atoms with Crippen molar-refractivity contribution in [2.24, 2.45) is 4.99 Å². The van der Waals surface area contributed by atoms with E-state index in [2.05, 4.69) is 29.5 Å². The maximum Gasteiger partial charge on any atom is 0.242 e. The standard InChI is InChI=1S/C13H18N2O/c1-10(2)15-12-7-5-3-4-6-11(12)8-13(15)14-9-16/h8,10H,3-7H2,1-2H3. The summed E-state index contributed by atoms with van der Waals surface area (Å²) in [6.45, 7) is 4.27. The number of nitrogens with zero attached hydrogens (tertiary/aromatic N) is 2. The van der Waals surface area contributed by atoms with Gasteiger partial charge < -0.3 is 4.57 Å². The first-order valence-corrected chi connectivity index (χ1v) is 6.05. The molecule has 0 spiro atoms.